The zero-order chi connectivity index (χ0) is 33.7. The van der Waals surface area contributed by atoms with Gasteiger partial charge in [0.25, 0.3) is 0 Å². The molecule has 0 aliphatic carbocycles. The molecule has 0 saturated carbocycles. The van der Waals surface area contributed by atoms with Crippen molar-refractivity contribution in [2.24, 2.45) is 0 Å². The molecule has 0 amide bonds. The molecule has 6 aromatic rings. The van der Waals surface area contributed by atoms with E-state index in [9.17, 15) is 14.3 Å². The normalized spacial score (nSPS) is 14.2. The van der Waals surface area contributed by atoms with Gasteiger partial charge < -0.3 is 23.7 Å². The molecule has 1 unspecified atom stereocenters. The molecular formula is C39H37FN2O6S. The van der Waals surface area contributed by atoms with Crippen LogP contribution in [0.5, 0.6) is 17.4 Å². The topological polar surface area (TPSA) is 94.3 Å². The molecule has 7 rings (SSSR count). The van der Waals surface area contributed by atoms with E-state index in [0.717, 1.165) is 49.9 Å². The quantitative estimate of drug-likeness (QED) is 0.129. The first-order chi connectivity index (χ1) is 24.0. The number of fused-ring (bicyclic) bond motifs is 3. The van der Waals surface area contributed by atoms with Crippen molar-refractivity contribution in [1.29, 1.82) is 0 Å². The summed E-state index contributed by atoms with van der Waals surface area (Å²) >= 11 is 1.70. The Morgan fingerprint density at radius 1 is 1.00 bits per heavy atom. The number of hydrogen-bond donors (Lipinski definition) is 1. The van der Waals surface area contributed by atoms with Crippen LogP contribution in [-0.2, 0) is 17.6 Å². The third-order valence-corrected chi connectivity index (χ3v) is 10.0. The number of phenolic OH excluding ortho intramolecular Hbond substituents is 1. The molecule has 1 N–H and O–H groups in total. The van der Waals surface area contributed by atoms with E-state index in [1.807, 2.05) is 36.4 Å². The first kappa shape index (κ1) is 32.6. The molecular weight excluding hydrogens is 644 g/mol. The summed E-state index contributed by atoms with van der Waals surface area (Å²) < 4.78 is 36.9. The molecule has 8 nitrogen and oxygen atoms in total. The Hall–Kier alpha value is -4.93. The molecule has 1 aliphatic rings. The third kappa shape index (κ3) is 6.97. The van der Waals surface area contributed by atoms with Gasteiger partial charge in [-0.15, -0.1) is 11.3 Å². The minimum Gasteiger partial charge on any atom is -0.507 e. The lowest BCUT2D eigenvalue weighted by Gasteiger charge is -2.36. The molecule has 4 heterocycles. The van der Waals surface area contributed by atoms with Gasteiger partial charge in [0.2, 0.25) is 5.88 Å². The van der Waals surface area contributed by atoms with E-state index in [0.29, 0.717) is 58.6 Å². The molecule has 1 aliphatic heterocycles. The molecule has 1 fully saturated rings. The first-order valence-electron chi connectivity index (χ1n) is 16.5. The number of phenols is 1. The summed E-state index contributed by atoms with van der Waals surface area (Å²) in [5.74, 6) is 0.285. The molecule has 3 aromatic carbocycles. The fraction of sp³-hybridized carbons (Fsp3) is 0.282. The molecule has 0 spiro atoms. The maximum absolute atomic E-state index is 13.3. The van der Waals surface area contributed by atoms with Gasteiger partial charge in [0, 0.05) is 51.7 Å². The molecule has 3 aromatic heterocycles. The Kier molecular flexibility index (Phi) is 9.77. The fourth-order valence-electron chi connectivity index (χ4n) is 6.68. The van der Waals surface area contributed by atoms with Gasteiger partial charge >= 0.3 is 5.97 Å². The number of likely N-dealkylation sites (tertiary alicyclic amines) is 1. The fourth-order valence-corrected chi connectivity index (χ4v) is 7.37. The van der Waals surface area contributed by atoms with Gasteiger partial charge in [-0.25, -0.2) is 14.2 Å². The van der Waals surface area contributed by atoms with Crippen LogP contribution < -0.4 is 9.47 Å². The number of aromatic nitrogens is 1. The highest BCUT2D eigenvalue weighted by Crippen LogP contribution is 2.48. The van der Waals surface area contributed by atoms with Crippen molar-refractivity contribution in [2.45, 2.75) is 38.1 Å². The Bertz CT molecular complexity index is 2050. The third-order valence-electron chi connectivity index (χ3n) is 9.07. The SMILES string of the molecule is COC(=O)c1coc2c1c(C(c1ccnc(OCCc3cccs3)c1)N1CCCCC1)c(O)c1ccc(OCCc3ccc(F)cc3)cc12. The van der Waals surface area contributed by atoms with Gasteiger partial charge in [0.15, 0.2) is 0 Å². The van der Waals surface area contributed by atoms with Crippen molar-refractivity contribution < 1.29 is 32.9 Å². The van der Waals surface area contributed by atoms with Crippen molar-refractivity contribution in [2.75, 3.05) is 33.4 Å². The van der Waals surface area contributed by atoms with Crippen LogP contribution in [0.15, 0.2) is 89.0 Å². The number of furan rings is 1. The smallest absolute Gasteiger partial charge is 0.341 e. The highest BCUT2D eigenvalue weighted by Gasteiger charge is 2.33. The van der Waals surface area contributed by atoms with Gasteiger partial charge in [-0.05, 0) is 84.9 Å². The number of pyridine rings is 1. The van der Waals surface area contributed by atoms with Crippen molar-refractivity contribution >= 4 is 39.0 Å². The lowest BCUT2D eigenvalue weighted by atomic mass is 9.88. The summed E-state index contributed by atoms with van der Waals surface area (Å²) in [6.45, 7) is 2.48. The van der Waals surface area contributed by atoms with E-state index in [1.165, 1.54) is 30.4 Å². The first-order valence-corrected chi connectivity index (χ1v) is 17.4. The number of carbonyl (C=O) groups excluding carboxylic acids is 1. The molecule has 49 heavy (non-hydrogen) atoms. The monoisotopic (exact) mass is 680 g/mol. The highest BCUT2D eigenvalue weighted by molar-refractivity contribution is 7.09. The second-order valence-electron chi connectivity index (χ2n) is 12.1. The van der Waals surface area contributed by atoms with Crippen LogP contribution in [0, 0.1) is 5.82 Å². The van der Waals surface area contributed by atoms with Crippen molar-refractivity contribution in [1.82, 2.24) is 9.88 Å². The Morgan fingerprint density at radius 3 is 2.59 bits per heavy atom. The van der Waals surface area contributed by atoms with E-state index in [2.05, 4.69) is 21.3 Å². The second-order valence-corrected chi connectivity index (χ2v) is 13.2. The van der Waals surface area contributed by atoms with Gasteiger partial charge in [0.05, 0.1) is 26.4 Å². The lowest BCUT2D eigenvalue weighted by Crippen LogP contribution is -2.34. The second kappa shape index (κ2) is 14.7. The largest absolute Gasteiger partial charge is 0.507 e. The van der Waals surface area contributed by atoms with Crippen LogP contribution in [0.1, 0.15) is 57.2 Å². The number of halogens is 1. The van der Waals surface area contributed by atoms with Crippen LogP contribution in [0.25, 0.3) is 21.7 Å². The Morgan fingerprint density at radius 2 is 1.82 bits per heavy atom. The number of rotatable bonds is 12. The number of esters is 1. The summed E-state index contributed by atoms with van der Waals surface area (Å²) in [7, 11) is 1.33. The predicted molar refractivity (Wildman–Crippen MR) is 187 cm³/mol. The summed E-state index contributed by atoms with van der Waals surface area (Å²) in [6.07, 6.45) is 7.65. The lowest BCUT2D eigenvalue weighted by molar-refractivity contribution is 0.0601. The van der Waals surface area contributed by atoms with Crippen LogP contribution in [0.3, 0.4) is 0 Å². The van der Waals surface area contributed by atoms with E-state index >= 15 is 0 Å². The van der Waals surface area contributed by atoms with Crippen molar-refractivity contribution in [3.63, 3.8) is 0 Å². The molecule has 1 saturated heterocycles. The Labute approximate surface area is 287 Å². The number of carbonyl (C=O) groups is 1. The number of thiophene rings is 1. The molecule has 0 radical (unpaired) electrons. The molecule has 0 bridgehead atoms. The highest BCUT2D eigenvalue weighted by atomic mass is 32.1. The zero-order valence-corrected chi connectivity index (χ0v) is 28.0. The standard InChI is InChI=1S/C39H37FN2O6S/c1-45-39(44)32-24-48-38-31-23-28(46-19-14-25-7-9-27(40)10-8-25)11-12-30(31)37(43)35(34(32)38)36(42-17-3-2-4-18-42)26-13-16-41-33(22-26)47-20-15-29-6-5-21-49-29/h5-13,16,21-24,36,43H,2-4,14-15,17-20H2,1H3. The van der Waals surface area contributed by atoms with E-state index in [-0.39, 0.29) is 17.1 Å². The maximum Gasteiger partial charge on any atom is 0.341 e. The minimum atomic E-state index is -0.560. The average Bonchev–Trinajstić information content (AvgIpc) is 3.82. The zero-order valence-electron chi connectivity index (χ0n) is 27.2. The number of methoxy groups -OCH3 is 1. The van der Waals surface area contributed by atoms with Gasteiger partial charge in [-0.1, -0.05) is 24.6 Å². The number of nitrogens with zero attached hydrogens (tertiary/aromatic N) is 2. The summed E-state index contributed by atoms with van der Waals surface area (Å²) in [4.78, 5) is 21.3. The van der Waals surface area contributed by atoms with E-state index in [1.54, 1.807) is 29.7 Å². The van der Waals surface area contributed by atoms with E-state index < -0.39 is 12.0 Å². The number of aromatic hydroxyl groups is 1. The van der Waals surface area contributed by atoms with Crippen LogP contribution in [0.2, 0.25) is 0 Å². The number of ether oxygens (including phenoxy) is 3. The number of hydrogen-bond acceptors (Lipinski definition) is 9. The van der Waals surface area contributed by atoms with Crippen LogP contribution in [0.4, 0.5) is 4.39 Å². The van der Waals surface area contributed by atoms with Crippen molar-refractivity contribution in [3.05, 3.63) is 118 Å². The Balaban J connectivity index is 1.30. The van der Waals surface area contributed by atoms with Crippen LogP contribution in [-0.4, -0.2) is 54.4 Å². The average molecular weight is 681 g/mol. The summed E-state index contributed by atoms with van der Waals surface area (Å²) in [6, 6.07) is 19.4. The van der Waals surface area contributed by atoms with E-state index in [4.69, 9.17) is 18.6 Å². The maximum atomic E-state index is 13.3. The summed E-state index contributed by atoms with van der Waals surface area (Å²) in [5.41, 5.74) is 3.10. The van der Waals surface area contributed by atoms with Gasteiger partial charge in [-0.3, -0.25) is 4.90 Å². The number of benzene rings is 3. The minimum absolute atomic E-state index is 0.0551. The molecule has 252 valence electrons. The van der Waals surface area contributed by atoms with Crippen LogP contribution >= 0.6 is 11.3 Å². The van der Waals surface area contributed by atoms with Gasteiger partial charge in [-0.2, -0.15) is 0 Å². The van der Waals surface area contributed by atoms with Crippen molar-refractivity contribution in [3.8, 4) is 17.4 Å². The predicted octanol–water partition coefficient (Wildman–Crippen LogP) is 8.49. The molecule has 10 heteroatoms. The van der Waals surface area contributed by atoms with Gasteiger partial charge in [0.1, 0.15) is 34.7 Å². The number of piperidine rings is 1. The summed E-state index contributed by atoms with van der Waals surface area (Å²) in [5, 5.41) is 15.9. The molecule has 1 atom stereocenters.